The van der Waals surface area contributed by atoms with Crippen LogP contribution in [-0.4, -0.2) is 0 Å². The Labute approximate surface area is 259 Å². The smallest absolute Gasteiger partial charge is 0.143 e. The van der Waals surface area contributed by atoms with Crippen LogP contribution >= 0.6 is 0 Å². The van der Waals surface area contributed by atoms with Crippen molar-refractivity contribution in [3.05, 3.63) is 145 Å². The van der Waals surface area contributed by atoms with Crippen molar-refractivity contribution in [3.8, 4) is 67.1 Å². The SMILES string of the molecule is c1cc(-c2cccc3c2CC2CCCCC2c2ccccc2-3)cc(-c2cccc3c2Oc2ccccc2-c2ccccc2-3)c1. The van der Waals surface area contributed by atoms with Crippen molar-refractivity contribution in [1.82, 2.24) is 0 Å². The molecule has 1 heterocycles. The molecular weight excluding hydrogens is 532 g/mol. The molecule has 2 atom stereocenters. The van der Waals surface area contributed by atoms with Gasteiger partial charge in [-0.15, -0.1) is 0 Å². The van der Waals surface area contributed by atoms with Gasteiger partial charge in [0.05, 0.1) is 0 Å². The van der Waals surface area contributed by atoms with Gasteiger partial charge >= 0.3 is 0 Å². The molecule has 2 aliphatic carbocycles. The molecule has 0 aromatic heterocycles. The lowest BCUT2D eigenvalue weighted by molar-refractivity contribution is 0.308. The first-order valence-corrected chi connectivity index (χ1v) is 16.2. The van der Waals surface area contributed by atoms with Crippen LogP contribution in [0.15, 0.2) is 133 Å². The van der Waals surface area contributed by atoms with Crippen LogP contribution < -0.4 is 4.74 Å². The summed E-state index contributed by atoms with van der Waals surface area (Å²) >= 11 is 0. The predicted octanol–water partition coefficient (Wildman–Crippen LogP) is 12.0. The third kappa shape index (κ3) is 4.07. The van der Waals surface area contributed by atoms with Crippen LogP contribution in [-0.2, 0) is 6.42 Å². The van der Waals surface area contributed by atoms with Crippen molar-refractivity contribution in [2.24, 2.45) is 5.92 Å². The Kier molecular flexibility index (Phi) is 6.04. The highest BCUT2D eigenvalue weighted by atomic mass is 16.5. The van der Waals surface area contributed by atoms with Gasteiger partial charge in [-0.05, 0) is 93.3 Å². The fourth-order valence-electron chi connectivity index (χ4n) is 8.30. The molecule has 212 valence electrons. The Morgan fingerprint density at radius 3 is 1.91 bits per heavy atom. The lowest BCUT2D eigenvalue weighted by Crippen LogP contribution is -2.19. The van der Waals surface area contributed by atoms with Gasteiger partial charge in [-0.25, -0.2) is 0 Å². The summed E-state index contributed by atoms with van der Waals surface area (Å²) in [5.74, 6) is 3.19. The van der Waals surface area contributed by atoms with Crippen molar-refractivity contribution < 1.29 is 4.74 Å². The normalized spacial score (nSPS) is 17.7. The topological polar surface area (TPSA) is 9.23 Å². The molecule has 0 N–H and O–H groups in total. The molecule has 0 radical (unpaired) electrons. The van der Waals surface area contributed by atoms with E-state index in [0.29, 0.717) is 11.8 Å². The van der Waals surface area contributed by atoms with Crippen LogP contribution in [0.5, 0.6) is 11.5 Å². The second kappa shape index (κ2) is 10.4. The lowest BCUT2D eigenvalue weighted by atomic mass is 9.73. The first-order chi connectivity index (χ1) is 21.8. The summed E-state index contributed by atoms with van der Waals surface area (Å²) in [5, 5.41) is 0. The van der Waals surface area contributed by atoms with E-state index in [1.807, 2.05) is 0 Å². The van der Waals surface area contributed by atoms with Crippen LogP contribution in [0.2, 0.25) is 0 Å². The van der Waals surface area contributed by atoms with Crippen LogP contribution in [0.3, 0.4) is 0 Å². The molecule has 0 bridgehead atoms. The first kappa shape index (κ1) is 25.6. The highest BCUT2D eigenvalue weighted by Gasteiger charge is 2.33. The number of para-hydroxylation sites is 2. The average Bonchev–Trinajstić information content (AvgIpc) is 3.33. The van der Waals surface area contributed by atoms with E-state index >= 15 is 0 Å². The van der Waals surface area contributed by atoms with Gasteiger partial charge in [-0.2, -0.15) is 0 Å². The monoisotopic (exact) mass is 566 g/mol. The Morgan fingerprint density at radius 1 is 0.455 bits per heavy atom. The minimum Gasteiger partial charge on any atom is -0.455 e. The molecule has 3 aliphatic rings. The van der Waals surface area contributed by atoms with E-state index in [0.717, 1.165) is 34.6 Å². The van der Waals surface area contributed by atoms with Crippen LogP contribution in [0.4, 0.5) is 0 Å². The zero-order valence-corrected chi connectivity index (χ0v) is 24.8. The number of ether oxygens (including phenoxy) is 1. The molecule has 6 aromatic carbocycles. The summed E-state index contributed by atoms with van der Waals surface area (Å²) in [4.78, 5) is 0. The molecule has 1 aliphatic heterocycles. The molecule has 1 nitrogen and oxygen atoms in total. The minimum absolute atomic E-state index is 0.661. The van der Waals surface area contributed by atoms with Gasteiger partial charge in [0.15, 0.2) is 0 Å². The van der Waals surface area contributed by atoms with Gasteiger partial charge in [0.1, 0.15) is 11.5 Å². The van der Waals surface area contributed by atoms with Crippen molar-refractivity contribution in [2.75, 3.05) is 0 Å². The predicted molar refractivity (Wildman–Crippen MR) is 182 cm³/mol. The zero-order chi connectivity index (χ0) is 29.0. The quantitative estimate of drug-likeness (QED) is 0.202. The van der Waals surface area contributed by atoms with Crippen molar-refractivity contribution in [3.63, 3.8) is 0 Å². The van der Waals surface area contributed by atoms with E-state index in [-0.39, 0.29) is 0 Å². The number of benzene rings is 6. The Bertz CT molecular complexity index is 2050. The number of fused-ring (bicyclic) bond motifs is 10. The fourth-order valence-corrected chi connectivity index (χ4v) is 8.30. The largest absolute Gasteiger partial charge is 0.455 e. The van der Waals surface area contributed by atoms with Crippen molar-refractivity contribution in [2.45, 2.75) is 38.0 Å². The Morgan fingerprint density at radius 2 is 1.05 bits per heavy atom. The lowest BCUT2D eigenvalue weighted by Gasteiger charge is -2.31. The summed E-state index contributed by atoms with van der Waals surface area (Å²) in [6.07, 6.45) is 6.47. The van der Waals surface area contributed by atoms with Crippen molar-refractivity contribution in [1.29, 1.82) is 0 Å². The number of hydrogen-bond acceptors (Lipinski definition) is 1. The summed E-state index contributed by atoms with van der Waals surface area (Å²) in [6, 6.07) is 49.0. The van der Waals surface area contributed by atoms with E-state index in [1.54, 1.807) is 5.56 Å². The maximum Gasteiger partial charge on any atom is 0.143 e. The number of hydrogen-bond donors (Lipinski definition) is 0. The van der Waals surface area contributed by atoms with Gasteiger partial charge in [0.2, 0.25) is 0 Å². The molecule has 0 amide bonds. The van der Waals surface area contributed by atoms with E-state index in [4.69, 9.17) is 4.74 Å². The molecule has 0 spiro atoms. The standard InChI is InChI=1S/C43H34O/c1-2-15-31-30(12-1)27-41-32(21-10-23-38(41)35-17-4-3-16-34(31)35)28-13-9-14-29(26-28)33-22-11-24-40-37-19-6-5-18-36(37)39-20-7-8-25-42(39)44-43(33)40/h3-11,13-14,16-26,30-31H,1-2,12,15,27H2. The zero-order valence-electron chi connectivity index (χ0n) is 24.8. The first-order valence-electron chi connectivity index (χ1n) is 16.2. The minimum atomic E-state index is 0.661. The van der Waals surface area contributed by atoms with Gasteiger partial charge < -0.3 is 4.74 Å². The van der Waals surface area contributed by atoms with E-state index < -0.39 is 0 Å². The van der Waals surface area contributed by atoms with Gasteiger partial charge in [-0.3, -0.25) is 0 Å². The maximum absolute atomic E-state index is 6.82. The van der Waals surface area contributed by atoms with Crippen LogP contribution in [0.1, 0.15) is 42.7 Å². The van der Waals surface area contributed by atoms with Crippen LogP contribution in [0.25, 0.3) is 55.6 Å². The second-order valence-corrected chi connectivity index (χ2v) is 12.7. The molecule has 1 fully saturated rings. The molecule has 0 saturated heterocycles. The van der Waals surface area contributed by atoms with E-state index in [2.05, 4.69) is 133 Å². The van der Waals surface area contributed by atoms with E-state index in [1.165, 1.54) is 70.2 Å². The second-order valence-electron chi connectivity index (χ2n) is 12.7. The number of rotatable bonds is 2. The fraction of sp³-hybridized carbons (Fsp3) is 0.163. The molecule has 9 rings (SSSR count). The van der Waals surface area contributed by atoms with Crippen molar-refractivity contribution >= 4 is 0 Å². The van der Waals surface area contributed by atoms with E-state index in [9.17, 15) is 0 Å². The summed E-state index contributed by atoms with van der Waals surface area (Å²) in [5.41, 5.74) is 15.6. The Hall–Kier alpha value is -4.88. The highest BCUT2D eigenvalue weighted by Crippen LogP contribution is 2.51. The summed E-state index contributed by atoms with van der Waals surface area (Å²) in [7, 11) is 0. The molecule has 44 heavy (non-hydrogen) atoms. The molecule has 1 heteroatoms. The third-order valence-electron chi connectivity index (χ3n) is 10.3. The van der Waals surface area contributed by atoms with Gasteiger partial charge in [-0.1, -0.05) is 134 Å². The Balaban J connectivity index is 1.20. The average molecular weight is 567 g/mol. The third-order valence-corrected chi connectivity index (χ3v) is 10.3. The maximum atomic E-state index is 6.82. The molecular formula is C43H34O. The highest BCUT2D eigenvalue weighted by molar-refractivity contribution is 5.94. The summed E-state index contributed by atoms with van der Waals surface area (Å²) < 4.78 is 6.82. The summed E-state index contributed by atoms with van der Waals surface area (Å²) in [6.45, 7) is 0. The molecule has 1 saturated carbocycles. The molecule has 2 unspecified atom stereocenters. The van der Waals surface area contributed by atoms with Crippen LogP contribution in [0, 0.1) is 5.92 Å². The molecule has 6 aromatic rings. The van der Waals surface area contributed by atoms with Gasteiger partial charge in [0, 0.05) is 16.7 Å². The van der Waals surface area contributed by atoms with Gasteiger partial charge in [0.25, 0.3) is 0 Å².